The predicted molar refractivity (Wildman–Crippen MR) is 86.5 cm³/mol. The quantitative estimate of drug-likeness (QED) is 0.651. The Kier molecular flexibility index (Phi) is 7.42. The highest BCUT2D eigenvalue weighted by molar-refractivity contribution is 4.89. The second kappa shape index (κ2) is 8.29. The molecule has 0 spiro atoms. The summed E-state index contributed by atoms with van der Waals surface area (Å²) in [5, 5.41) is 3.84. The molecule has 19 heavy (non-hydrogen) atoms. The topological polar surface area (TPSA) is 12.0 Å². The molecule has 1 aliphatic rings. The summed E-state index contributed by atoms with van der Waals surface area (Å²) in [6, 6.07) is 0.708. The molecule has 0 saturated heterocycles. The van der Waals surface area contributed by atoms with E-state index in [0.29, 0.717) is 11.5 Å². The average Bonchev–Trinajstić information content (AvgIpc) is 2.36. The third-order valence-corrected chi connectivity index (χ3v) is 4.88. The summed E-state index contributed by atoms with van der Waals surface area (Å²) in [4.78, 5) is 0. The minimum absolute atomic E-state index is 0.399. The molecule has 1 rings (SSSR count). The van der Waals surface area contributed by atoms with E-state index in [-0.39, 0.29) is 0 Å². The summed E-state index contributed by atoms with van der Waals surface area (Å²) in [6.45, 7) is 13.0. The zero-order valence-corrected chi connectivity index (χ0v) is 14.1. The Balaban J connectivity index is 2.45. The Labute approximate surface area is 121 Å². The molecule has 1 saturated carbocycles. The van der Waals surface area contributed by atoms with Crippen molar-refractivity contribution >= 4 is 0 Å². The summed E-state index contributed by atoms with van der Waals surface area (Å²) < 4.78 is 0. The van der Waals surface area contributed by atoms with E-state index in [1.54, 1.807) is 0 Å². The first-order valence-corrected chi connectivity index (χ1v) is 8.72. The van der Waals surface area contributed by atoms with Crippen molar-refractivity contribution in [2.45, 2.75) is 92.0 Å². The van der Waals surface area contributed by atoms with Gasteiger partial charge < -0.3 is 5.32 Å². The number of hydrogen-bond donors (Lipinski definition) is 1. The van der Waals surface area contributed by atoms with Crippen molar-refractivity contribution in [3.05, 3.63) is 0 Å². The second-order valence-electron chi connectivity index (χ2n) is 7.72. The maximum atomic E-state index is 3.84. The van der Waals surface area contributed by atoms with Crippen LogP contribution >= 0.6 is 0 Å². The van der Waals surface area contributed by atoms with Gasteiger partial charge in [0.25, 0.3) is 0 Å². The standard InChI is InChI=1S/C18H37N/c1-6-8-9-15-10-12-16(13-11-15)17(18(3,4)5)19-14-7-2/h15-17,19H,6-14H2,1-5H3. The van der Waals surface area contributed by atoms with Crippen LogP contribution in [0.5, 0.6) is 0 Å². The molecule has 0 radical (unpaired) electrons. The van der Waals surface area contributed by atoms with E-state index in [0.717, 1.165) is 11.8 Å². The molecule has 1 fully saturated rings. The minimum atomic E-state index is 0.399. The number of unbranched alkanes of at least 4 members (excludes halogenated alkanes) is 1. The summed E-state index contributed by atoms with van der Waals surface area (Å²) in [7, 11) is 0. The van der Waals surface area contributed by atoms with Gasteiger partial charge in [0.1, 0.15) is 0 Å². The van der Waals surface area contributed by atoms with Gasteiger partial charge in [-0.3, -0.25) is 0 Å². The van der Waals surface area contributed by atoms with Crippen molar-refractivity contribution in [2.24, 2.45) is 17.3 Å². The van der Waals surface area contributed by atoms with Crippen molar-refractivity contribution in [1.82, 2.24) is 5.32 Å². The molecule has 0 aromatic heterocycles. The van der Waals surface area contributed by atoms with E-state index in [4.69, 9.17) is 0 Å². The van der Waals surface area contributed by atoms with Gasteiger partial charge in [0.15, 0.2) is 0 Å². The molecule has 0 aliphatic heterocycles. The Morgan fingerprint density at radius 2 is 1.63 bits per heavy atom. The molecule has 1 N–H and O–H groups in total. The third-order valence-electron chi connectivity index (χ3n) is 4.88. The van der Waals surface area contributed by atoms with E-state index >= 15 is 0 Å². The molecule has 0 amide bonds. The fourth-order valence-electron chi connectivity index (χ4n) is 3.78. The van der Waals surface area contributed by atoms with Crippen LogP contribution in [0.15, 0.2) is 0 Å². The summed E-state index contributed by atoms with van der Waals surface area (Å²) >= 11 is 0. The normalized spacial score (nSPS) is 26.4. The average molecular weight is 268 g/mol. The number of rotatable bonds is 7. The molecule has 0 bridgehead atoms. The Morgan fingerprint density at radius 3 is 2.11 bits per heavy atom. The Bertz CT molecular complexity index is 220. The SMILES string of the molecule is CCCCC1CCC(C(NCCC)C(C)(C)C)CC1. The van der Waals surface area contributed by atoms with Crippen molar-refractivity contribution in [3.63, 3.8) is 0 Å². The van der Waals surface area contributed by atoms with Crippen molar-refractivity contribution < 1.29 is 0 Å². The molecule has 1 heteroatoms. The van der Waals surface area contributed by atoms with E-state index in [1.807, 2.05) is 0 Å². The molecule has 114 valence electrons. The van der Waals surface area contributed by atoms with Crippen LogP contribution in [0.4, 0.5) is 0 Å². The van der Waals surface area contributed by atoms with E-state index in [2.05, 4.69) is 39.9 Å². The fraction of sp³-hybridized carbons (Fsp3) is 1.00. The highest BCUT2D eigenvalue weighted by Crippen LogP contribution is 2.38. The first kappa shape index (κ1) is 17.0. The van der Waals surface area contributed by atoms with Crippen LogP contribution in [0, 0.1) is 17.3 Å². The van der Waals surface area contributed by atoms with Crippen LogP contribution < -0.4 is 5.32 Å². The molecular formula is C18H37N. The molecule has 0 heterocycles. The lowest BCUT2D eigenvalue weighted by molar-refractivity contribution is 0.136. The third kappa shape index (κ3) is 5.85. The second-order valence-corrected chi connectivity index (χ2v) is 7.72. The Hall–Kier alpha value is -0.0400. The molecule has 1 nitrogen and oxygen atoms in total. The van der Waals surface area contributed by atoms with Crippen LogP contribution in [0.25, 0.3) is 0 Å². The van der Waals surface area contributed by atoms with Crippen LogP contribution in [0.2, 0.25) is 0 Å². The largest absolute Gasteiger partial charge is 0.313 e. The maximum Gasteiger partial charge on any atom is 0.0144 e. The van der Waals surface area contributed by atoms with Gasteiger partial charge in [-0.05, 0) is 43.1 Å². The van der Waals surface area contributed by atoms with Crippen molar-refractivity contribution in [2.75, 3.05) is 6.54 Å². The molecule has 1 atom stereocenters. The van der Waals surface area contributed by atoms with E-state index < -0.39 is 0 Å². The monoisotopic (exact) mass is 267 g/mol. The van der Waals surface area contributed by atoms with Gasteiger partial charge in [-0.25, -0.2) is 0 Å². The van der Waals surface area contributed by atoms with E-state index in [9.17, 15) is 0 Å². The lowest BCUT2D eigenvalue weighted by Gasteiger charge is -2.41. The first-order valence-electron chi connectivity index (χ1n) is 8.72. The lowest BCUT2D eigenvalue weighted by Crippen LogP contribution is -2.47. The van der Waals surface area contributed by atoms with Gasteiger partial charge in [-0.15, -0.1) is 0 Å². The van der Waals surface area contributed by atoms with Gasteiger partial charge in [0, 0.05) is 6.04 Å². The summed E-state index contributed by atoms with van der Waals surface area (Å²) in [5.41, 5.74) is 0.399. The van der Waals surface area contributed by atoms with Crippen LogP contribution in [-0.2, 0) is 0 Å². The van der Waals surface area contributed by atoms with Crippen LogP contribution in [0.1, 0.15) is 86.0 Å². The van der Waals surface area contributed by atoms with Crippen molar-refractivity contribution in [1.29, 1.82) is 0 Å². The van der Waals surface area contributed by atoms with Crippen molar-refractivity contribution in [3.8, 4) is 0 Å². The zero-order valence-electron chi connectivity index (χ0n) is 14.1. The zero-order chi connectivity index (χ0) is 14.3. The number of nitrogens with one attached hydrogen (secondary N) is 1. The molecule has 1 aliphatic carbocycles. The van der Waals surface area contributed by atoms with Gasteiger partial charge in [0.05, 0.1) is 0 Å². The van der Waals surface area contributed by atoms with Crippen LogP contribution in [0.3, 0.4) is 0 Å². The summed E-state index contributed by atoms with van der Waals surface area (Å²) in [5.74, 6) is 1.94. The van der Waals surface area contributed by atoms with Gasteiger partial charge in [0.2, 0.25) is 0 Å². The minimum Gasteiger partial charge on any atom is -0.313 e. The Morgan fingerprint density at radius 1 is 1.00 bits per heavy atom. The fourth-order valence-corrected chi connectivity index (χ4v) is 3.78. The van der Waals surface area contributed by atoms with Gasteiger partial charge >= 0.3 is 0 Å². The van der Waals surface area contributed by atoms with Crippen LogP contribution in [-0.4, -0.2) is 12.6 Å². The predicted octanol–water partition coefficient (Wildman–Crippen LogP) is 5.40. The molecule has 0 aromatic rings. The molecule has 1 unspecified atom stereocenters. The van der Waals surface area contributed by atoms with Gasteiger partial charge in [-0.1, -0.05) is 66.7 Å². The highest BCUT2D eigenvalue weighted by Gasteiger charge is 2.34. The summed E-state index contributed by atoms with van der Waals surface area (Å²) in [6.07, 6.45) is 11.4. The lowest BCUT2D eigenvalue weighted by atomic mass is 9.70. The number of hydrogen-bond acceptors (Lipinski definition) is 1. The van der Waals surface area contributed by atoms with Gasteiger partial charge in [-0.2, -0.15) is 0 Å². The molecular weight excluding hydrogens is 230 g/mol. The first-order chi connectivity index (χ1) is 8.99. The smallest absolute Gasteiger partial charge is 0.0144 e. The van der Waals surface area contributed by atoms with E-state index in [1.165, 1.54) is 57.9 Å². The highest BCUT2D eigenvalue weighted by atomic mass is 14.9. The molecule has 0 aromatic carbocycles. The maximum absolute atomic E-state index is 3.84.